The molecule has 4 aromatic rings. The second-order valence-electron chi connectivity index (χ2n) is 8.54. The van der Waals surface area contributed by atoms with E-state index in [1.807, 2.05) is 35.7 Å². The zero-order chi connectivity index (χ0) is 25.5. The Kier molecular flexibility index (Phi) is 8.98. The van der Waals surface area contributed by atoms with Crippen molar-refractivity contribution in [2.75, 3.05) is 6.54 Å². The van der Waals surface area contributed by atoms with Crippen LogP contribution in [0.4, 0.5) is 8.78 Å². The molecule has 2 atom stereocenters. The molecule has 0 fully saturated rings. The first kappa shape index (κ1) is 26.2. The number of hydrogen-bond acceptors (Lipinski definition) is 6. The lowest BCUT2D eigenvalue weighted by molar-refractivity contribution is 0.0244. The predicted octanol–water partition coefficient (Wildman–Crippen LogP) is 6.20. The molecule has 0 aliphatic rings. The summed E-state index contributed by atoms with van der Waals surface area (Å²) in [6.45, 7) is 2.97. The third-order valence-corrected chi connectivity index (χ3v) is 7.91. The molecule has 0 aliphatic heterocycles. The molecule has 4 rings (SSSR count). The second kappa shape index (κ2) is 12.4. The van der Waals surface area contributed by atoms with Gasteiger partial charge in [-0.05, 0) is 65.2 Å². The van der Waals surface area contributed by atoms with Crippen LogP contribution in [0, 0.1) is 11.6 Å². The molecule has 3 N–H and O–H groups in total. The molecule has 0 unspecified atom stereocenters. The van der Waals surface area contributed by atoms with E-state index in [0.29, 0.717) is 23.5 Å². The highest BCUT2D eigenvalue weighted by molar-refractivity contribution is 7.22. The van der Waals surface area contributed by atoms with Gasteiger partial charge < -0.3 is 15.8 Å². The Morgan fingerprint density at radius 3 is 2.47 bits per heavy atom. The fraction of sp³-hybridized carbons (Fsp3) is 0.250. The molecule has 2 heterocycles. The van der Waals surface area contributed by atoms with E-state index in [0.717, 1.165) is 27.8 Å². The number of halogens is 2. The third-order valence-electron chi connectivity index (χ3n) is 5.78. The molecule has 2 aromatic heterocycles. The van der Waals surface area contributed by atoms with Crippen LogP contribution in [0.1, 0.15) is 33.3 Å². The maximum atomic E-state index is 13.7. The Balaban J connectivity index is 1.46. The van der Waals surface area contributed by atoms with Gasteiger partial charge in [-0.15, -0.1) is 22.7 Å². The minimum absolute atomic E-state index is 0.157. The third kappa shape index (κ3) is 7.07. The smallest absolute Gasteiger partial charge is 0.348 e. The highest BCUT2D eigenvalue weighted by atomic mass is 32.1. The van der Waals surface area contributed by atoms with Crippen LogP contribution < -0.4 is 11.1 Å². The van der Waals surface area contributed by atoms with E-state index < -0.39 is 29.7 Å². The largest absolute Gasteiger partial charge is 0.455 e. The number of rotatable bonds is 11. The van der Waals surface area contributed by atoms with Crippen LogP contribution in [-0.4, -0.2) is 24.7 Å². The summed E-state index contributed by atoms with van der Waals surface area (Å²) in [5.74, 6) is -1.80. The first-order chi connectivity index (χ1) is 17.4. The average Bonchev–Trinajstić information content (AvgIpc) is 3.55. The standard InChI is InChI=1S/C28H28F2N2O2S2/c1-2-18-5-3-6-19(11-18)16-32-17-24(23(31)14-20-12-21(29)15-22(30)13-20)34-28(33)27-9-8-26(36-27)25-7-4-10-35-25/h3-13,15,23-24,32H,2,14,16-17,31H2,1H3/t23-,24+/m0/s1. The SMILES string of the molecule is CCc1cccc(CNC[C@@H](OC(=O)c2ccc(-c3cccs3)s2)[C@@H](N)Cc2cc(F)cc(F)c2)c1. The number of thiophene rings is 2. The Morgan fingerprint density at radius 2 is 1.75 bits per heavy atom. The van der Waals surface area contributed by atoms with E-state index in [-0.39, 0.29) is 6.42 Å². The maximum absolute atomic E-state index is 13.7. The quantitative estimate of drug-likeness (QED) is 0.228. The molecule has 8 heteroatoms. The van der Waals surface area contributed by atoms with Crippen molar-refractivity contribution in [1.82, 2.24) is 5.32 Å². The second-order valence-corrected chi connectivity index (χ2v) is 10.6. The van der Waals surface area contributed by atoms with Gasteiger partial charge in [-0.25, -0.2) is 13.6 Å². The lowest BCUT2D eigenvalue weighted by Crippen LogP contribution is -2.45. The molecular formula is C28H28F2N2O2S2. The van der Waals surface area contributed by atoms with Gasteiger partial charge in [0.05, 0.1) is 0 Å². The Morgan fingerprint density at radius 1 is 0.972 bits per heavy atom. The number of esters is 1. The van der Waals surface area contributed by atoms with E-state index in [1.54, 1.807) is 17.4 Å². The molecule has 0 saturated heterocycles. The zero-order valence-electron chi connectivity index (χ0n) is 19.9. The Hall–Kier alpha value is -2.91. The van der Waals surface area contributed by atoms with Crippen molar-refractivity contribution in [2.24, 2.45) is 5.73 Å². The first-order valence-corrected chi connectivity index (χ1v) is 13.4. The van der Waals surface area contributed by atoms with Crippen LogP contribution in [0.2, 0.25) is 0 Å². The summed E-state index contributed by atoms with van der Waals surface area (Å²) >= 11 is 2.96. The average molecular weight is 527 g/mol. The van der Waals surface area contributed by atoms with Crippen molar-refractivity contribution in [1.29, 1.82) is 0 Å². The molecule has 0 radical (unpaired) electrons. The summed E-state index contributed by atoms with van der Waals surface area (Å²) in [5, 5.41) is 5.31. The van der Waals surface area contributed by atoms with E-state index >= 15 is 0 Å². The minimum atomic E-state index is -0.703. The number of nitrogens with one attached hydrogen (secondary N) is 1. The summed E-state index contributed by atoms with van der Waals surface area (Å²) in [5.41, 5.74) is 9.18. The molecule has 0 bridgehead atoms. The van der Waals surface area contributed by atoms with Crippen molar-refractivity contribution in [2.45, 2.75) is 38.5 Å². The van der Waals surface area contributed by atoms with Crippen LogP contribution in [0.5, 0.6) is 0 Å². The molecule has 4 nitrogen and oxygen atoms in total. The summed E-state index contributed by atoms with van der Waals surface area (Å²) in [4.78, 5) is 15.6. The summed E-state index contributed by atoms with van der Waals surface area (Å²) in [7, 11) is 0. The Labute approximate surface area is 217 Å². The molecule has 0 spiro atoms. The van der Waals surface area contributed by atoms with Crippen LogP contribution in [0.15, 0.2) is 72.1 Å². The number of benzene rings is 2. The van der Waals surface area contributed by atoms with Gasteiger partial charge in [0.25, 0.3) is 0 Å². The van der Waals surface area contributed by atoms with Crippen LogP contribution in [-0.2, 0) is 24.1 Å². The van der Waals surface area contributed by atoms with Gasteiger partial charge in [0, 0.05) is 35.0 Å². The lowest BCUT2D eigenvalue weighted by Gasteiger charge is -2.25. The van der Waals surface area contributed by atoms with Gasteiger partial charge in [-0.3, -0.25) is 0 Å². The van der Waals surface area contributed by atoms with Gasteiger partial charge in [0.2, 0.25) is 0 Å². The number of hydrogen-bond donors (Lipinski definition) is 2. The molecular weight excluding hydrogens is 498 g/mol. The lowest BCUT2D eigenvalue weighted by atomic mass is 10.0. The molecule has 188 valence electrons. The summed E-state index contributed by atoms with van der Waals surface area (Å²) in [6, 6.07) is 18.5. The highest BCUT2D eigenvalue weighted by Crippen LogP contribution is 2.32. The normalized spacial score (nSPS) is 12.9. The first-order valence-electron chi connectivity index (χ1n) is 11.7. The van der Waals surface area contributed by atoms with E-state index in [2.05, 4.69) is 24.4 Å². The fourth-order valence-corrected chi connectivity index (χ4v) is 5.65. The predicted molar refractivity (Wildman–Crippen MR) is 142 cm³/mol. The highest BCUT2D eigenvalue weighted by Gasteiger charge is 2.24. The minimum Gasteiger partial charge on any atom is -0.455 e. The van der Waals surface area contributed by atoms with Crippen molar-refractivity contribution < 1.29 is 18.3 Å². The topological polar surface area (TPSA) is 64.3 Å². The van der Waals surface area contributed by atoms with Gasteiger partial charge in [-0.2, -0.15) is 0 Å². The maximum Gasteiger partial charge on any atom is 0.348 e. The van der Waals surface area contributed by atoms with E-state index in [9.17, 15) is 13.6 Å². The molecule has 2 aromatic carbocycles. The zero-order valence-corrected chi connectivity index (χ0v) is 21.5. The van der Waals surface area contributed by atoms with Crippen molar-refractivity contribution >= 4 is 28.6 Å². The molecule has 0 saturated carbocycles. The molecule has 0 amide bonds. The number of ether oxygens (including phenoxy) is 1. The van der Waals surface area contributed by atoms with E-state index in [1.165, 1.54) is 29.0 Å². The summed E-state index contributed by atoms with van der Waals surface area (Å²) < 4.78 is 33.3. The molecule has 36 heavy (non-hydrogen) atoms. The van der Waals surface area contributed by atoms with Gasteiger partial charge >= 0.3 is 5.97 Å². The number of carbonyl (C=O) groups excluding carboxylic acids is 1. The number of aryl methyl sites for hydroxylation is 1. The van der Waals surface area contributed by atoms with Crippen LogP contribution >= 0.6 is 22.7 Å². The van der Waals surface area contributed by atoms with Gasteiger partial charge in [0.15, 0.2) is 0 Å². The monoisotopic (exact) mass is 526 g/mol. The summed E-state index contributed by atoms with van der Waals surface area (Å²) in [6.07, 6.45) is 0.396. The number of nitrogens with two attached hydrogens (primary N) is 1. The van der Waals surface area contributed by atoms with Crippen LogP contribution in [0.3, 0.4) is 0 Å². The van der Waals surface area contributed by atoms with Gasteiger partial charge in [0.1, 0.15) is 22.6 Å². The number of carbonyl (C=O) groups is 1. The fourth-order valence-electron chi connectivity index (χ4n) is 3.93. The Bertz CT molecular complexity index is 1270. The van der Waals surface area contributed by atoms with Crippen molar-refractivity contribution in [3.63, 3.8) is 0 Å². The molecule has 0 aliphatic carbocycles. The van der Waals surface area contributed by atoms with Crippen molar-refractivity contribution in [3.8, 4) is 9.75 Å². The van der Waals surface area contributed by atoms with Crippen LogP contribution in [0.25, 0.3) is 9.75 Å². The van der Waals surface area contributed by atoms with Gasteiger partial charge in [-0.1, -0.05) is 37.3 Å². The van der Waals surface area contributed by atoms with Crippen molar-refractivity contribution in [3.05, 3.63) is 105 Å². The van der Waals surface area contributed by atoms with E-state index in [4.69, 9.17) is 10.5 Å².